The SMILES string of the molecule is CCOC(=O)c1ccc(S(=O)(=O)NCC(=O)NCc2ccccc2C)cc1. The Kier molecular flexibility index (Phi) is 7.09. The van der Waals surface area contributed by atoms with Gasteiger partial charge in [-0.05, 0) is 49.2 Å². The van der Waals surface area contributed by atoms with E-state index in [-0.39, 0.29) is 23.6 Å². The van der Waals surface area contributed by atoms with E-state index in [9.17, 15) is 18.0 Å². The third-order valence-electron chi connectivity index (χ3n) is 3.84. The number of esters is 1. The van der Waals surface area contributed by atoms with E-state index in [1.54, 1.807) is 6.92 Å². The van der Waals surface area contributed by atoms with Gasteiger partial charge in [-0.1, -0.05) is 24.3 Å². The van der Waals surface area contributed by atoms with Crippen molar-refractivity contribution in [2.75, 3.05) is 13.2 Å². The number of benzene rings is 2. The molecule has 0 radical (unpaired) electrons. The van der Waals surface area contributed by atoms with Gasteiger partial charge in [0.15, 0.2) is 0 Å². The van der Waals surface area contributed by atoms with Gasteiger partial charge in [-0.15, -0.1) is 0 Å². The summed E-state index contributed by atoms with van der Waals surface area (Å²) >= 11 is 0. The van der Waals surface area contributed by atoms with Crippen molar-refractivity contribution in [2.45, 2.75) is 25.3 Å². The first-order valence-electron chi connectivity index (χ1n) is 8.41. The smallest absolute Gasteiger partial charge is 0.338 e. The topological polar surface area (TPSA) is 102 Å². The molecule has 0 heterocycles. The molecule has 0 unspecified atom stereocenters. The van der Waals surface area contributed by atoms with E-state index in [4.69, 9.17) is 4.74 Å². The van der Waals surface area contributed by atoms with Crippen molar-refractivity contribution in [1.29, 1.82) is 0 Å². The molecule has 27 heavy (non-hydrogen) atoms. The van der Waals surface area contributed by atoms with Gasteiger partial charge in [-0.25, -0.2) is 17.9 Å². The average molecular weight is 390 g/mol. The molecule has 2 N–H and O–H groups in total. The fourth-order valence-corrected chi connectivity index (χ4v) is 3.28. The van der Waals surface area contributed by atoms with E-state index in [0.717, 1.165) is 11.1 Å². The third-order valence-corrected chi connectivity index (χ3v) is 5.25. The number of carbonyl (C=O) groups is 2. The number of hydrogen-bond donors (Lipinski definition) is 2. The summed E-state index contributed by atoms with van der Waals surface area (Å²) in [5, 5.41) is 2.67. The number of hydrogen-bond acceptors (Lipinski definition) is 5. The molecule has 0 bridgehead atoms. The molecule has 144 valence electrons. The lowest BCUT2D eigenvalue weighted by Crippen LogP contribution is -2.36. The Morgan fingerprint density at radius 3 is 2.33 bits per heavy atom. The zero-order valence-corrected chi connectivity index (χ0v) is 16.0. The van der Waals surface area contributed by atoms with E-state index < -0.39 is 21.9 Å². The first kappa shape index (κ1) is 20.6. The molecule has 0 aliphatic heterocycles. The third kappa shape index (κ3) is 5.90. The predicted molar refractivity (Wildman–Crippen MR) is 101 cm³/mol. The summed E-state index contributed by atoms with van der Waals surface area (Å²) in [5.41, 5.74) is 2.26. The largest absolute Gasteiger partial charge is 0.462 e. The second kappa shape index (κ2) is 9.29. The lowest BCUT2D eigenvalue weighted by molar-refractivity contribution is -0.120. The Labute approximate surface area is 158 Å². The van der Waals surface area contributed by atoms with Gasteiger partial charge in [0, 0.05) is 6.54 Å². The number of rotatable bonds is 8. The Hall–Kier alpha value is -2.71. The van der Waals surface area contributed by atoms with Crippen LogP contribution in [0.25, 0.3) is 0 Å². The van der Waals surface area contributed by atoms with Crippen LogP contribution < -0.4 is 10.0 Å². The van der Waals surface area contributed by atoms with Crippen molar-refractivity contribution >= 4 is 21.9 Å². The molecule has 0 spiro atoms. The molecule has 0 aliphatic carbocycles. The molecule has 0 fully saturated rings. The fourth-order valence-electron chi connectivity index (χ4n) is 2.29. The van der Waals surface area contributed by atoms with Crippen LogP contribution >= 0.6 is 0 Å². The monoisotopic (exact) mass is 390 g/mol. The van der Waals surface area contributed by atoms with Gasteiger partial charge in [0.25, 0.3) is 0 Å². The van der Waals surface area contributed by atoms with E-state index >= 15 is 0 Å². The van der Waals surface area contributed by atoms with Crippen molar-refractivity contribution in [3.8, 4) is 0 Å². The lowest BCUT2D eigenvalue weighted by Gasteiger charge is -2.10. The molecule has 8 heteroatoms. The number of sulfonamides is 1. The van der Waals surface area contributed by atoms with Crippen molar-refractivity contribution in [3.05, 3.63) is 65.2 Å². The molecular formula is C19H22N2O5S. The maximum absolute atomic E-state index is 12.3. The summed E-state index contributed by atoms with van der Waals surface area (Å²) in [4.78, 5) is 23.5. The van der Waals surface area contributed by atoms with Crippen LogP contribution in [0.5, 0.6) is 0 Å². The minimum Gasteiger partial charge on any atom is -0.462 e. The zero-order chi connectivity index (χ0) is 19.9. The number of ether oxygens (including phenoxy) is 1. The fraction of sp³-hybridized carbons (Fsp3) is 0.263. The highest BCUT2D eigenvalue weighted by molar-refractivity contribution is 7.89. The summed E-state index contributed by atoms with van der Waals surface area (Å²) in [5.74, 6) is -0.963. The molecule has 0 atom stereocenters. The van der Waals surface area contributed by atoms with Crippen LogP contribution in [0.3, 0.4) is 0 Å². The van der Waals surface area contributed by atoms with Crippen LogP contribution in [-0.2, 0) is 26.1 Å². The summed E-state index contributed by atoms with van der Waals surface area (Å²) in [6.45, 7) is 3.79. The molecule has 2 aromatic carbocycles. The van der Waals surface area contributed by atoms with E-state index in [1.165, 1.54) is 24.3 Å². The molecule has 7 nitrogen and oxygen atoms in total. The van der Waals surface area contributed by atoms with Crippen molar-refractivity contribution in [3.63, 3.8) is 0 Å². The summed E-state index contributed by atoms with van der Waals surface area (Å²) in [6, 6.07) is 12.9. The van der Waals surface area contributed by atoms with Gasteiger partial charge in [-0.3, -0.25) is 4.79 Å². The molecule has 2 aromatic rings. The van der Waals surface area contributed by atoms with Gasteiger partial charge < -0.3 is 10.1 Å². The second-order valence-electron chi connectivity index (χ2n) is 5.77. The molecule has 0 aliphatic rings. The highest BCUT2D eigenvalue weighted by atomic mass is 32.2. The van der Waals surface area contributed by atoms with E-state index in [1.807, 2.05) is 31.2 Å². The summed E-state index contributed by atoms with van der Waals surface area (Å²) in [7, 11) is -3.86. The van der Waals surface area contributed by atoms with Crippen molar-refractivity contribution in [1.82, 2.24) is 10.0 Å². The van der Waals surface area contributed by atoms with Gasteiger partial charge in [0.1, 0.15) is 0 Å². The minimum atomic E-state index is -3.86. The van der Waals surface area contributed by atoms with Gasteiger partial charge in [0.2, 0.25) is 15.9 Å². The van der Waals surface area contributed by atoms with Crippen LogP contribution in [0.2, 0.25) is 0 Å². The van der Waals surface area contributed by atoms with Gasteiger partial charge >= 0.3 is 5.97 Å². The zero-order valence-electron chi connectivity index (χ0n) is 15.2. The maximum Gasteiger partial charge on any atom is 0.338 e. The van der Waals surface area contributed by atoms with E-state index in [2.05, 4.69) is 10.0 Å². The van der Waals surface area contributed by atoms with Crippen LogP contribution in [-0.4, -0.2) is 33.4 Å². The number of carbonyl (C=O) groups excluding carboxylic acids is 2. The quantitative estimate of drug-likeness (QED) is 0.669. The van der Waals surface area contributed by atoms with Crippen LogP contribution in [0.15, 0.2) is 53.4 Å². The molecule has 0 saturated heterocycles. The second-order valence-corrected chi connectivity index (χ2v) is 7.54. The average Bonchev–Trinajstić information content (AvgIpc) is 2.66. The highest BCUT2D eigenvalue weighted by Gasteiger charge is 2.16. The van der Waals surface area contributed by atoms with Gasteiger partial charge in [-0.2, -0.15) is 0 Å². The van der Waals surface area contributed by atoms with Crippen LogP contribution in [0.1, 0.15) is 28.4 Å². The summed E-state index contributed by atoms with van der Waals surface area (Å²) < 4.78 is 31.6. The normalized spacial score (nSPS) is 11.0. The molecule has 0 saturated carbocycles. The highest BCUT2D eigenvalue weighted by Crippen LogP contribution is 2.11. The number of amides is 1. The van der Waals surface area contributed by atoms with Crippen LogP contribution in [0.4, 0.5) is 0 Å². The first-order valence-corrected chi connectivity index (χ1v) is 9.90. The Morgan fingerprint density at radius 1 is 1.04 bits per heavy atom. The first-order chi connectivity index (χ1) is 12.8. The maximum atomic E-state index is 12.3. The van der Waals surface area contributed by atoms with E-state index in [0.29, 0.717) is 6.54 Å². The lowest BCUT2D eigenvalue weighted by atomic mass is 10.1. The molecule has 0 aromatic heterocycles. The van der Waals surface area contributed by atoms with Crippen LogP contribution in [0, 0.1) is 6.92 Å². The Bertz CT molecular complexity index is 908. The Balaban J connectivity index is 1.91. The summed E-state index contributed by atoms with van der Waals surface area (Å²) in [6.07, 6.45) is 0. The van der Waals surface area contributed by atoms with Crippen molar-refractivity contribution in [2.24, 2.45) is 0 Å². The molecule has 2 rings (SSSR count). The molecular weight excluding hydrogens is 368 g/mol. The van der Waals surface area contributed by atoms with Crippen molar-refractivity contribution < 1.29 is 22.7 Å². The number of aryl methyl sites for hydroxylation is 1. The molecule has 1 amide bonds. The minimum absolute atomic E-state index is 0.0396. The predicted octanol–water partition coefficient (Wildman–Crippen LogP) is 1.77. The number of nitrogens with one attached hydrogen (secondary N) is 2. The Morgan fingerprint density at radius 2 is 1.70 bits per heavy atom. The van der Waals surface area contributed by atoms with Gasteiger partial charge in [0.05, 0.1) is 23.6 Å². The standard InChI is InChI=1S/C19H22N2O5S/c1-3-26-19(23)15-8-10-17(11-9-15)27(24,25)21-13-18(22)20-12-16-7-5-4-6-14(16)2/h4-11,21H,3,12-13H2,1-2H3,(H,20,22).